The van der Waals surface area contributed by atoms with Crippen LogP contribution < -0.4 is 11.1 Å². The van der Waals surface area contributed by atoms with Gasteiger partial charge < -0.3 is 16.3 Å². The maximum absolute atomic E-state index is 8.70. The molecule has 0 aliphatic carbocycles. The van der Waals surface area contributed by atoms with Crippen molar-refractivity contribution in [2.24, 2.45) is 10.9 Å². The van der Waals surface area contributed by atoms with Gasteiger partial charge in [0.1, 0.15) is 0 Å². The average Bonchev–Trinajstić information content (AvgIpc) is 2.48. The highest BCUT2D eigenvalue weighted by Crippen LogP contribution is 2.26. The molecule has 0 aromatic heterocycles. The van der Waals surface area contributed by atoms with Gasteiger partial charge >= 0.3 is 0 Å². The molecule has 0 aliphatic heterocycles. The summed E-state index contributed by atoms with van der Waals surface area (Å²) in [6.45, 7) is 2.71. The number of benzene rings is 2. The highest BCUT2D eigenvalue weighted by molar-refractivity contribution is 9.10. The fourth-order valence-electron chi connectivity index (χ4n) is 1.88. The predicted octanol–water partition coefficient (Wildman–Crippen LogP) is 3.46. The van der Waals surface area contributed by atoms with Gasteiger partial charge in [0, 0.05) is 22.3 Å². The van der Waals surface area contributed by atoms with Crippen LogP contribution in [0.15, 0.2) is 52.1 Å². The third kappa shape index (κ3) is 3.30. The van der Waals surface area contributed by atoms with Gasteiger partial charge in [0.2, 0.25) is 0 Å². The third-order valence-corrected chi connectivity index (χ3v) is 4.06. The highest BCUT2D eigenvalue weighted by atomic mass is 79.9. The summed E-state index contributed by atoms with van der Waals surface area (Å²) in [4.78, 5) is 0. The lowest BCUT2D eigenvalue weighted by Crippen LogP contribution is -2.13. The zero-order chi connectivity index (χ0) is 14.5. The predicted molar refractivity (Wildman–Crippen MR) is 85.2 cm³/mol. The van der Waals surface area contributed by atoms with Crippen LogP contribution >= 0.6 is 15.9 Å². The van der Waals surface area contributed by atoms with Crippen molar-refractivity contribution in [3.63, 3.8) is 0 Å². The van der Waals surface area contributed by atoms with Crippen molar-refractivity contribution in [2.45, 2.75) is 13.5 Å². The van der Waals surface area contributed by atoms with Gasteiger partial charge in [-0.3, -0.25) is 0 Å². The molecule has 104 valence electrons. The Balaban J connectivity index is 2.13. The van der Waals surface area contributed by atoms with Gasteiger partial charge in [0.15, 0.2) is 5.84 Å². The lowest BCUT2D eigenvalue weighted by Gasteiger charge is -2.11. The molecule has 0 heterocycles. The second kappa shape index (κ2) is 6.43. The molecule has 0 atom stereocenters. The molecule has 2 aromatic rings. The number of oxime groups is 1. The van der Waals surface area contributed by atoms with Crippen LogP contribution in [-0.4, -0.2) is 11.0 Å². The van der Waals surface area contributed by atoms with Gasteiger partial charge in [0.05, 0.1) is 0 Å². The molecule has 0 amide bonds. The van der Waals surface area contributed by atoms with E-state index in [0.29, 0.717) is 12.1 Å². The van der Waals surface area contributed by atoms with E-state index in [1.807, 2.05) is 43.3 Å². The van der Waals surface area contributed by atoms with Crippen molar-refractivity contribution < 1.29 is 5.21 Å². The second-order valence-electron chi connectivity index (χ2n) is 4.48. The van der Waals surface area contributed by atoms with Crippen LogP contribution in [0.1, 0.15) is 16.7 Å². The Morgan fingerprint density at radius 1 is 1.30 bits per heavy atom. The molecule has 0 saturated heterocycles. The molecule has 0 fully saturated rings. The maximum Gasteiger partial charge on any atom is 0.170 e. The Labute approximate surface area is 126 Å². The van der Waals surface area contributed by atoms with Gasteiger partial charge in [0.25, 0.3) is 0 Å². The molecule has 2 aromatic carbocycles. The number of hydrogen-bond acceptors (Lipinski definition) is 3. The smallest absolute Gasteiger partial charge is 0.170 e. The van der Waals surface area contributed by atoms with Crippen LogP contribution in [0.4, 0.5) is 5.69 Å². The van der Waals surface area contributed by atoms with Crippen LogP contribution in [0, 0.1) is 6.92 Å². The number of aryl methyl sites for hydroxylation is 1. The molecule has 5 heteroatoms. The van der Waals surface area contributed by atoms with Crippen molar-refractivity contribution >= 4 is 27.5 Å². The molecule has 4 N–H and O–H groups in total. The molecule has 0 aliphatic rings. The normalized spacial score (nSPS) is 11.4. The van der Waals surface area contributed by atoms with E-state index < -0.39 is 0 Å². The lowest BCUT2D eigenvalue weighted by molar-refractivity contribution is 0.318. The first-order valence-electron chi connectivity index (χ1n) is 6.17. The second-order valence-corrected chi connectivity index (χ2v) is 5.27. The van der Waals surface area contributed by atoms with Gasteiger partial charge in [-0.1, -0.05) is 35.5 Å². The zero-order valence-electron chi connectivity index (χ0n) is 11.1. The number of hydrogen-bond donors (Lipinski definition) is 3. The van der Waals surface area contributed by atoms with Gasteiger partial charge in [-0.25, -0.2) is 0 Å². The van der Waals surface area contributed by atoms with Gasteiger partial charge in [-0.15, -0.1) is 0 Å². The van der Waals surface area contributed by atoms with Crippen molar-refractivity contribution in [1.82, 2.24) is 0 Å². The van der Waals surface area contributed by atoms with E-state index in [2.05, 4.69) is 26.4 Å². The van der Waals surface area contributed by atoms with Gasteiger partial charge in [-0.05, 0) is 46.1 Å². The Hall–Kier alpha value is -2.01. The van der Waals surface area contributed by atoms with Gasteiger partial charge in [-0.2, -0.15) is 0 Å². The third-order valence-electron chi connectivity index (χ3n) is 3.01. The number of halogens is 1. The lowest BCUT2D eigenvalue weighted by atomic mass is 10.1. The molecule has 2 rings (SSSR count). The van der Waals surface area contributed by atoms with Crippen molar-refractivity contribution in [3.8, 4) is 0 Å². The van der Waals surface area contributed by atoms with Crippen molar-refractivity contribution in [2.75, 3.05) is 5.32 Å². The standard InChI is InChI=1S/C15H16BrN3O/c1-10-4-2-7-13(14(10)16)18-9-11-5-3-6-12(8-11)15(17)19-20/h2-8,18,20H,9H2,1H3,(H2,17,19). The van der Waals surface area contributed by atoms with E-state index in [0.717, 1.165) is 15.7 Å². The molecule has 20 heavy (non-hydrogen) atoms. The quantitative estimate of drug-likeness (QED) is 0.347. The molecular formula is C15H16BrN3O. The minimum atomic E-state index is 0.114. The minimum absolute atomic E-state index is 0.114. The van der Waals surface area contributed by atoms with Crippen LogP contribution in [0.2, 0.25) is 0 Å². The van der Waals surface area contributed by atoms with Crippen LogP contribution in [0.5, 0.6) is 0 Å². The fourth-order valence-corrected chi connectivity index (χ4v) is 2.28. The molecule has 0 bridgehead atoms. The Kier molecular flexibility index (Phi) is 4.63. The Bertz CT molecular complexity index is 641. The van der Waals surface area contributed by atoms with E-state index >= 15 is 0 Å². The maximum atomic E-state index is 8.70. The summed E-state index contributed by atoms with van der Waals surface area (Å²) in [5.74, 6) is 0.114. The molecule has 4 nitrogen and oxygen atoms in total. The van der Waals surface area contributed by atoms with Crippen LogP contribution in [-0.2, 0) is 6.54 Å². The summed E-state index contributed by atoms with van der Waals surface area (Å²) < 4.78 is 1.06. The Morgan fingerprint density at radius 2 is 2.05 bits per heavy atom. The average molecular weight is 334 g/mol. The summed E-state index contributed by atoms with van der Waals surface area (Å²) in [7, 11) is 0. The van der Waals surface area contributed by atoms with E-state index in [4.69, 9.17) is 10.9 Å². The number of amidine groups is 1. The summed E-state index contributed by atoms with van der Waals surface area (Å²) in [6.07, 6.45) is 0. The number of anilines is 1. The SMILES string of the molecule is Cc1cccc(NCc2cccc(/C(N)=N/O)c2)c1Br. The molecule has 0 spiro atoms. The minimum Gasteiger partial charge on any atom is -0.409 e. The highest BCUT2D eigenvalue weighted by Gasteiger charge is 2.03. The first kappa shape index (κ1) is 14.4. The fraction of sp³-hybridized carbons (Fsp3) is 0.133. The molecule has 0 unspecified atom stereocenters. The number of nitrogens with zero attached hydrogens (tertiary/aromatic N) is 1. The Morgan fingerprint density at radius 3 is 2.80 bits per heavy atom. The summed E-state index contributed by atoms with van der Waals surface area (Å²) in [5.41, 5.74) is 9.57. The van der Waals surface area contributed by atoms with Crippen LogP contribution in [0.25, 0.3) is 0 Å². The summed E-state index contributed by atoms with van der Waals surface area (Å²) in [5, 5.41) is 15.1. The number of nitrogens with two attached hydrogens (primary N) is 1. The topological polar surface area (TPSA) is 70.6 Å². The van der Waals surface area contributed by atoms with E-state index in [1.165, 1.54) is 5.56 Å². The first-order valence-corrected chi connectivity index (χ1v) is 6.97. The summed E-state index contributed by atoms with van der Waals surface area (Å²) >= 11 is 3.57. The van der Waals surface area contributed by atoms with Crippen molar-refractivity contribution in [1.29, 1.82) is 0 Å². The van der Waals surface area contributed by atoms with Crippen LogP contribution in [0.3, 0.4) is 0 Å². The summed E-state index contributed by atoms with van der Waals surface area (Å²) in [6, 6.07) is 13.7. The van der Waals surface area contributed by atoms with E-state index in [-0.39, 0.29) is 5.84 Å². The molecule has 0 radical (unpaired) electrons. The van der Waals surface area contributed by atoms with Crippen molar-refractivity contribution in [3.05, 3.63) is 63.6 Å². The largest absolute Gasteiger partial charge is 0.409 e. The van der Waals surface area contributed by atoms with E-state index in [9.17, 15) is 0 Å². The zero-order valence-corrected chi connectivity index (χ0v) is 12.7. The monoisotopic (exact) mass is 333 g/mol. The number of rotatable bonds is 4. The molecular weight excluding hydrogens is 318 g/mol. The van der Waals surface area contributed by atoms with E-state index in [1.54, 1.807) is 6.07 Å². The number of nitrogens with one attached hydrogen (secondary N) is 1. The molecule has 0 saturated carbocycles. The first-order chi connectivity index (χ1) is 9.61.